The molecule has 0 unspecified atom stereocenters. The summed E-state index contributed by atoms with van der Waals surface area (Å²) in [5, 5.41) is 6.61. The smallest absolute Gasteiger partial charge is 0.158 e. The van der Waals surface area contributed by atoms with Crippen molar-refractivity contribution in [1.82, 2.24) is 9.97 Å². The summed E-state index contributed by atoms with van der Waals surface area (Å²) in [6.07, 6.45) is 2.36. The van der Waals surface area contributed by atoms with Crippen molar-refractivity contribution in [2.75, 3.05) is 30.8 Å². The first-order valence-corrected chi connectivity index (χ1v) is 7.08. The molecule has 5 nitrogen and oxygen atoms in total. The van der Waals surface area contributed by atoms with E-state index < -0.39 is 0 Å². The molecule has 0 spiro atoms. The summed E-state index contributed by atoms with van der Waals surface area (Å²) in [6, 6.07) is 1.95. The van der Waals surface area contributed by atoms with Crippen molar-refractivity contribution in [2.24, 2.45) is 5.92 Å². The van der Waals surface area contributed by atoms with Gasteiger partial charge in [0.25, 0.3) is 0 Å². The van der Waals surface area contributed by atoms with Gasteiger partial charge in [0.05, 0.1) is 0 Å². The van der Waals surface area contributed by atoms with Crippen molar-refractivity contribution < 1.29 is 4.74 Å². The summed E-state index contributed by atoms with van der Waals surface area (Å²) in [7, 11) is 1.65. The van der Waals surface area contributed by atoms with Crippen molar-refractivity contribution in [3.63, 3.8) is 0 Å². The van der Waals surface area contributed by atoms with Crippen LogP contribution in [0.1, 0.15) is 39.4 Å². The standard InChI is InChI=1S/C14H26N4O/c1-5-11(6-2)9-16-13-8-12(15-7-3)17-14(18-13)10-19-4/h8,11H,5-7,9-10H2,1-4H3,(H2,15,16,17,18). The van der Waals surface area contributed by atoms with Gasteiger partial charge in [0, 0.05) is 26.3 Å². The number of nitrogens with zero attached hydrogens (tertiary/aromatic N) is 2. The van der Waals surface area contributed by atoms with Crippen molar-refractivity contribution in [1.29, 1.82) is 0 Å². The molecule has 0 radical (unpaired) electrons. The molecular formula is C14H26N4O. The molecule has 5 heteroatoms. The van der Waals surface area contributed by atoms with E-state index in [-0.39, 0.29) is 0 Å². The van der Waals surface area contributed by atoms with Crippen molar-refractivity contribution >= 4 is 11.6 Å². The summed E-state index contributed by atoms with van der Waals surface area (Å²) in [6.45, 7) is 8.71. The zero-order chi connectivity index (χ0) is 14.1. The number of aromatic nitrogens is 2. The Morgan fingerprint density at radius 2 is 1.74 bits per heavy atom. The molecule has 19 heavy (non-hydrogen) atoms. The van der Waals surface area contributed by atoms with Crippen LogP contribution in [-0.4, -0.2) is 30.2 Å². The quantitative estimate of drug-likeness (QED) is 0.719. The van der Waals surface area contributed by atoms with Crippen LogP contribution in [0.25, 0.3) is 0 Å². The first-order valence-electron chi connectivity index (χ1n) is 7.08. The van der Waals surface area contributed by atoms with Crippen molar-refractivity contribution in [3.8, 4) is 0 Å². The molecule has 0 fully saturated rings. The molecule has 0 aliphatic carbocycles. The normalized spacial score (nSPS) is 10.8. The highest BCUT2D eigenvalue weighted by molar-refractivity contribution is 5.47. The Kier molecular flexibility index (Phi) is 7.18. The topological polar surface area (TPSA) is 59.1 Å². The van der Waals surface area contributed by atoms with Gasteiger partial charge in [-0.15, -0.1) is 0 Å². The maximum Gasteiger partial charge on any atom is 0.158 e. The summed E-state index contributed by atoms with van der Waals surface area (Å²) in [5.74, 6) is 3.10. The van der Waals surface area contributed by atoms with Crippen LogP contribution in [-0.2, 0) is 11.3 Å². The Morgan fingerprint density at radius 1 is 1.11 bits per heavy atom. The van der Waals surface area contributed by atoms with E-state index in [0.29, 0.717) is 18.3 Å². The predicted molar refractivity (Wildman–Crippen MR) is 79.5 cm³/mol. The highest BCUT2D eigenvalue weighted by Gasteiger charge is 2.07. The Balaban J connectivity index is 2.74. The minimum absolute atomic E-state index is 0.429. The predicted octanol–water partition coefficient (Wildman–Crippen LogP) is 2.90. The third-order valence-corrected chi connectivity index (χ3v) is 3.13. The Labute approximate surface area is 116 Å². The van der Waals surface area contributed by atoms with Crippen LogP contribution in [0.3, 0.4) is 0 Å². The number of hydrogen-bond acceptors (Lipinski definition) is 5. The molecule has 0 amide bonds. The highest BCUT2D eigenvalue weighted by atomic mass is 16.5. The fourth-order valence-corrected chi connectivity index (χ4v) is 1.88. The molecule has 1 aromatic rings. The Bertz CT molecular complexity index is 342. The summed E-state index contributed by atoms with van der Waals surface area (Å²) in [4.78, 5) is 8.85. The van der Waals surface area contributed by atoms with Crippen molar-refractivity contribution in [3.05, 3.63) is 11.9 Å². The molecule has 0 aliphatic heterocycles. The van der Waals surface area contributed by atoms with E-state index in [1.807, 2.05) is 6.07 Å². The number of rotatable bonds is 9. The average molecular weight is 266 g/mol. The molecule has 0 aromatic carbocycles. The second-order valence-corrected chi connectivity index (χ2v) is 4.58. The summed E-state index contributed by atoms with van der Waals surface area (Å²) < 4.78 is 5.10. The number of hydrogen-bond donors (Lipinski definition) is 2. The fraction of sp³-hybridized carbons (Fsp3) is 0.714. The SMILES string of the molecule is CCNc1cc(NCC(CC)CC)nc(COC)n1. The molecule has 0 bridgehead atoms. The van der Waals surface area contributed by atoms with Gasteiger partial charge in [-0.3, -0.25) is 0 Å². The monoisotopic (exact) mass is 266 g/mol. The maximum absolute atomic E-state index is 5.10. The lowest BCUT2D eigenvalue weighted by molar-refractivity contribution is 0.178. The van der Waals surface area contributed by atoms with Crippen LogP contribution in [0.4, 0.5) is 11.6 Å². The van der Waals surface area contributed by atoms with E-state index in [9.17, 15) is 0 Å². The second kappa shape index (κ2) is 8.69. The number of anilines is 2. The van der Waals surface area contributed by atoms with Gasteiger partial charge in [0.2, 0.25) is 0 Å². The number of methoxy groups -OCH3 is 1. The average Bonchev–Trinajstić information content (AvgIpc) is 2.40. The molecule has 0 aliphatic rings. The van der Waals surface area contributed by atoms with E-state index in [1.165, 1.54) is 12.8 Å². The molecular weight excluding hydrogens is 240 g/mol. The lowest BCUT2D eigenvalue weighted by atomic mass is 10.0. The molecule has 2 N–H and O–H groups in total. The first-order chi connectivity index (χ1) is 9.23. The molecule has 1 aromatic heterocycles. The first kappa shape index (κ1) is 15.7. The van der Waals surface area contributed by atoms with E-state index in [0.717, 1.165) is 24.7 Å². The minimum Gasteiger partial charge on any atom is -0.377 e. The van der Waals surface area contributed by atoms with Gasteiger partial charge in [-0.05, 0) is 12.8 Å². The largest absolute Gasteiger partial charge is 0.377 e. The lowest BCUT2D eigenvalue weighted by Gasteiger charge is -2.15. The third kappa shape index (κ3) is 5.42. The zero-order valence-electron chi connectivity index (χ0n) is 12.5. The van der Waals surface area contributed by atoms with Crippen LogP contribution in [0.15, 0.2) is 6.07 Å². The van der Waals surface area contributed by atoms with E-state index in [1.54, 1.807) is 7.11 Å². The summed E-state index contributed by atoms with van der Waals surface area (Å²) >= 11 is 0. The zero-order valence-corrected chi connectivity index (χ0v) is 12.5. The molecule has 0 atom stereocenters. The van der Waals surface area contributed by atoms with E-state index in [4.69, 9.17) is 4.74 Å². The van der Waals surface area contributed by atoms with E-state index in [2.05, 4.69) is 41.4 Å². The molecule has 1 heterocycles. The third-order valence-electron chi connectivity index (χ3n) is 3.13. The van der Waals surface area contributed by atoms with Crippen LogP contribution >= 0.6 is 0 Å². The van der Waals surface area contributed by atoms with Gasteiger partial charge in [-0.1, -0.05) is 26.7 Å². The minimum atomic E-state index is 0.429. The molecule has 0 saturated heterocycles. The van der Waals surface area contributed by atoms with Crippen LogP contribution in [0, 0.1) is 5.92 Å². The van der Waals surface area contributed by atoms with Gasteiger partial charge in [0.1, 0.15) is 18.2 Å². The Morgan fingerprint density at radius 3 is 2.26 bits per heavy atom. The van der Waals surface area contributed by atoms with Crippen LogP contribution in [0.5, 0.6) is 0 Å². The number of ether oxygens (including phenoxy) is 1. The van der Waals surface area contributed by atoms with Crippen LogP contribution in [0.2, 0.25) is 0 Å². The lowest BCUT2D eigenvalue weighted by Crippen LogP contribution is -2.15. The maximum atomic E-state index is 5.10. The fourth-order valence-electron chi connectivity index (χ4n) is 1.88. The molecule has 1 rings (SSSR count). The van der Waals surface area contributed by atoms with Gasteiger partial charge in [-0.25, -0.2) is 9.97 Å². The van der Waals surface area contributed by atoms with Gasteiger partial charge < -0.3 is 15.4 Å². The number of nitrogens with one attached hydrogen (secondary N) is 2. The Hall–Kier alpha value is -1.36. The van der Waals surface area contributed by atoms with Crippen molar-refractivity contribution in [2.45, 2.75) is 40.2 Å². The van der Waals surface area contributed by atoms with E-state index >= 15 is 0 Å². The van der Waals surface area contributed by atoms with Gasteiger partial charge in [0.15, 0.2) is 5.82 Å². The highest BCUT2D eigenvalue weighted by Crippen LogP contribution is 2.14. The molecule has 108 valence electrons. The van der Waals surface area contributed by atoms with Crippen LogP contribution < -0.4 is 10.6 Å². The summed E-state index contributed by atoms with van der Waals surface area (Å²) in [5.41, 5.74) is 0. The van der Waals surface area contributed by atoms with Gasteiger partial charge >= 0.3 is 0 Å². The second-order valence-electron chi connectivity index (χ2n) is 4.58. The molecule has 0 saturated carbocycles. The van der Waals surface area contributed by atoms with Gasteiger partial charge in [-0.2, -0.15) is 0 Å².